The Morgan fingerprint density at radius 1 is 1.38 bits per heavy atom. The molecule has 0 saturated carbocycles. The predicted molar refractivity (Wildman–Crippen MR) is 61.0 cm³/mol. The van der Waals surface area contributed by atoms with Crippen molar-refractivity contribution in [3.63, 3.8) is 0 Å². The van der Waals surface area contributed by atoms with Gasteiger partial charge in [-0.25, -0.2) is 0 Å². The summed E-state index contributed by atoms with van der Waals surface area (Å²) in [4.78, 5) is 15.8. The molecule has 2 rings (SSSR count). The number of likely N-dealkylation sites (N-methyl/N-ethyl adjacent to an activating group) is 1. The second kappa shape index (κ2) is 5.12. The number of likely N-dealkylation sites (tertiary alicyclic amines) is 1. The van der Waals surface area contributed by atoms with E-state index >= 15 is 0 Å². The van der Waals surface area contributed by atoms with Gasteiger partial charge in [0.15, 0.2) is 0 Å². The van der Waals surface area contributed by atoms with E-state index in [4.69, 9.17) is 10.5 Å². The first-order valence-electron chi connectivity index (χ1n) is 6.00. The number of nitrogens with two attached hydrogens (primary N) is 1. The molecular weight excluding hydrogens is 206 g/mol. The second-order valence-electron chi connectivity index (χ2n) is 4.82. The Kier molecular flexibility index (Phi) is 3.78. The van der Waals surface area contributed by atoms with Crippen LogP contribution in [-0.4, -0.2) is 67.7 Å². The molecule has 5 nitrogen and oxygen atoms in total. The van der Waals surface area contributed by atoms with E-state index in [9.17, 15) is 4.79 Å². The normalized spacial score (nSPS) is 33.8. The Bertz CT molecular complexity index is 260. The number of rotatable bonds is 2. The lowest BCUT2D eigenvalue weighted by molar-refractivity contribution is -0.137. The van der Waals surface area contributed by atoms with Gasteiger partial charge in [0.05, 0.1) is 6.61 Å². The third kappa shape index (κ3) is 2.72. The summed E-state index contributed by atoms with van der Waals surface area (Å²) in [6.07, 6.45) is 2.04. The third-order valence-electron chi connectivity index (χ3n) is 3.53. The van der Waals surface area contributed by atoms with E-state index in [1.54, 1.807) is 0 Å². The number of carbonyl (C=O) groups is 1. The molecule has 0 bridgehead atoms. The largest absolute Gasteiger partial charge is 0.367 e. The number of hydrogen-bond donors (Lipinski definition) is 1. The number of primary amides is 1. The number of hydrogen-bond acceptors (Lipinski definition) is 4. The zero-order chi connectivity index (χ0) is 11.5. The monoisotopic (exact) mass is 227 g/mol. The van der Waals surface area contributed by atoms with Crippen LogP contribution in [0.2, 0.25) is 0 Å². The molecule has 0 aromatic heterocycles. The van der Waals surface area contributed by atoms with E-state index in [-0.39, 0.29) is 5.91 Å². The van der Waals surface area contributed by atoms with Crippen LogP contribution in [-0.2, 0) is 9.53 Å². The van der Waals surface area contributed by atoms with E-state index in [0.717, 1.165) is 13.1 Å². The summed E-state index contributed by atoms with van der Waals surface area (Å²) < 4.78 is 5.36. The lowest BCUT2D eigenvalue weighted by atomic mass is 10.0. The highest BCUT2D eigenvalue weighted by atomic mass is 16.5. The fourth-order valence-corrected chi connectivity index (χ4v) is 2.61. The Balaban J connectivity index is 1.90. The average Bonchev–Trinajstić information content (AvgIpc) is 2.29. The molecule has 16 heavy (non-hydrogen) atoms. The molecular formula is C11H21N3O2. The van der Waals surface area contributed by atoms with Crippen LogP contribution in [0.5, 0.6) is 0 Å². The number of ether oxygens (including phenoxy) is 1. The molecule has 2 aliphatic heterocycles. The van der Waals surface area contributed by atoms with E-state index in [0.29, 0.717) is 19.2 Å². The van der Waals surface area contributed by atoms with Gasteiger partial charge in [-0.3, -0.25) is 9.69 Å². The molecule has 2 aliphatic rings. The fraction of sp³-hybridized carbons (Fsp3) is 0.909. The van der Waals surface area contributed by atoms with Crippen molar-refractivity contribution in [3.05, 3.63) is 0 Å². The first-order chi connectivity index (χ1) is 7.66. The average molecular weight is 227 g/mol. The molecule has 5 heteroatoms. The maximum atomic E-state index is 11.1. The molecule has 1 unspecified atom stereocenters. The summed E-state index contributed by atoms with van der Waals surface area (Å²) in [5.74, 6) is -0.339. The van der Waals surface area contributed by atoms with Gasteiger partial charge >= 0.3 is 0 Å². The molecule has 2 fully saturated rings. The maximum Gasteiger partial charge on any atom is 0.247 e. The maximum absolute atomic E-state index is 11.1. The molecule has 0 radical (unpaired) electrons. The highest BCUT2D eigenvalue weighted by Crippen LogP contribution is 2.17. The van der Waals surface area contributed by atoms with Gasteiger partial charge in [-0.15, -0.1) is 0 Å². The highest BCUT2D eigenvalue weighted by molar-refractivity contribution is 5.79. The Hall–Kier alpha value is -0.650. The lowest BCUT2D eigenvalue weighted by Crippen LogP contribution is -2.55. The van der Waals surface area contributed by atoms with Gasteiger partial charge in [0.1, 0.15) is 6.10 Å². The zero-order valence-corrected chi connectivity index (χ0v) is 9.89. The minimum absolute atomic E-state index is 0.339. The van der Waals surface area contributed by atoms with Gasteiger partial charge in [-0.1, -0.05) is 0 Å². The third-order valence-corrected chi connectivity index (χ3v) is 3.53. The van der Waals surface area contributed by atoms with Gasteiger partial charge in [0.2, 0.25) is 5.91 Å². The van der Waals surface area contributed by atoms with E-state index in [1.807, 2.05) is 0 Å². The second-order valence-corrected chi connectivity index (χ2v) is 4.82. The Labute approximate surface area is 96.5 Å². The molecule has 1 amide bonds. The van der Waals surface area contributed by atoms with Crippen molar-refractivity contribution in [1.29, 1.82) is 0 Å². The minimum atomic E-state index is -0.416. The van der Waals surface area contributed by atoms with Crippen molar-refractivity contribution in [3.8, 4) is 0 Å². The van der Waals surface area contributed by atoms with Gasteiger partial charge < -0.3 is 15.4 Å². The van der Waals surface area contributed by atoms with E-state index in [1.165, 1.54) is 19.4 Å². The Morgan fingerprint density at radius 3 is 2.88 bits per heavy atom. The lowest BCUT2D eigenvalue weighted by Gasteiger charge is -2.41. The summed E-state index contributed by atoms with van der Waals surface area (Å²) in [6, 6.07) is 0.560. The van der Waals surface area contributed by atoms with Crippen LogP contribution in [0.25, 0.3) is 0 Å². The topological polar surface area (TPSA) is 58.8 Å². The van der Waals surface area contributed by atoms with Crippen molar-refractivity contribution in [2.75, 3.05) is 39.8 Å². The van der Waals surface area contributed by atoms with Crippen molar-refractivity contribution in [1.82, 2.24) is 9.80 Å². The Morgan fingerprint density at radius 2 is 2.19 bits per heavy atom. The van der Waals surface area contributed by atoms with E-state index < -0.39 is 6.10 Å². The number of amides is 1. The molecule has 2 atom stereocenters. The van der Waals surface area contributed by atoms with Crippen LogP contribution >= 0.6 is 0 Å². The summed E-state index contributed by atoms with van der Waals surface area (Å²) >= 11 is 0. The number of nitrogens with zero attached hydrogens (tertiary/aromatic N) is 2. The first kappa shape index (κ1) is 11.8. The molecule has 0 spiro atoms. The first-order valence-corrected chi connectivity index (χ1v) is 6.00. The standard InChI is InChI=1S/C11H21N3O2/c1-13-4-2-3-9(7-13)14-5-6-16-10(8-14)11(12)15/h9-10H,2-8H2,1H3,(H2,12,15)/t9-,10?/m1/s1. The summed E-state index contributed by atoms with van der Waals surface area (Å²) in [7, 11) is 2.15. The highest BCUT2D eigenvalue weighted by Gasteiger charge is 2.30. The number of piperidine rings is 1. The molecule has 0 aromatic rings. The number of carbonyl (C=O) groups excluding carboxylic acids is 1. The summed E-state index contributed by atoms with van der Waals surface area (Å²) in [5, 5.41) is 0. The summed E-state index contributed by atoms with van der Waals surface area (Å²) in [5.41, 5.74) is 5.29. The van der Waals surface area contributed by atoms with Crippen molar-refractivity contribution in [2.45, 2.75) is 25.0 Å². The van der Waals surface area contributed by atoms with Crippen LogP contribution in [0.3, 0.4) is 0 Å². The van der Waals surface area contributed by atoms with Crippen LogP contribution in [0, 0.1) is 0 Å². The molecule has 0 aliphatic carbocycles. The van der Waals surface area contributed by atoms with Crippen LogP contribution in [0.15, 0.2) is 0 Å². The van der Waals surface area contributed by atoms with Crippen LogP contribution in [0.4, 0.5) is 0 Å². The smallest absolute Gasteiger partial charge is 0.247 e. The molecule has 0 aromatic carbocycles. The quantitative estimate of drug-likeness (QED) is 0.675. The minimum Gasteiger partial charge on any atom is -0.367 e. The fourth-order valence-electron chi connectivity index (χ4n) is 2.61. The van der Waals surface area contributed by atoms with Crippen molar-refractivity contribution >= 4 is 5.91 Å². The molecule has 92 valence electrons. The van der Waals surface area contributed by atoms with Crippen molar-refractivity contribution in [2.24, 2.45) is 5.73 Å². The predicted octanol–water partition coefficient (Wildman–Crippen LogP) is -0.733. The van der Waals surface area contributed by atoms with Crippen LogP contribution < -0.4 is 5.73 Å². The SMILES string of the molecule is CN1CCC[C@@H](N2CCOC(C(N)=O)C2)C1. The van der Waals surface area contributed by atoms with Gasteiger partial charge in [0.25, 0.3) is 0 Å². The zero-order valence-electron chi connectivity index (χ0n) is 9.89. The van der Waals surface area contributed by atoms with Gasteiger partial charge in [-0.2, -0.15) is 0 Å². The molecule has 2 saturated heterocycles. The van der Waals surface area contributed by atoms with Crippen molar-refractivity contribution < 1.29 is 9.53 Å². The van der Waals surface area contributed by atoms with Crippen LogP contribution in [0.1, 0.15) is 12.8 Å². The molecule has 2 N–H and O–H groups in total. The molecule has 2 heterocycles. The van der Waals surface area contributed by atoms with E-state index in [2.05, 4.69) is 16.8 Å². The van der Waals surface area contributed by atoms with Gasteiger partial charge in [-0.05, 0) is 26.4 Å². The van der Waals surface area contributed by atoms with Gasteiger partial charge in [0, 0.05) is 25.7 Å². The number of morpholine rings is 1. The summed E-state index contributed by atoms with van der Waals surface area (Å²) in [6.45, 7) is 4.47.